The fourth-order valence-corrected chi connectivity index (χ4v) is 0.158. The summed E-state index contributed by atoms with van der Waals surface area (Å²) in [6.07, 6.45) is 2.04. The molecular weight excluding hydrogens is 220 g/mol. The van der Waals surface area contributed by atoms with Gasteiger partial charge in [-0.1, -0.05) is 13.3 Å². The Bertz CT molecular complexity index is 23.7. The van der Waals surface area contributed by atoms with Crippen molar-refractivity contribution in [1.29, 1.82) is 0 Å². The van der Waals surface area contributed by atoms with Crippen molar-refractivity contribution >= 4 is 0 Å². The molecule has 0 spiro atoms. The van der Waals surface area contributed by atoms with Crippen LogP contribution >= 0.6 is 0 Å². The molecule has 0 heterocycles. The third kappa shape index (κ3) is 19.1. The van der Waals surface area contributed by atoms with Crippen LogP contribution in [0.5, 0.6) is 0 Å². The van der Waals surface area contributed by atoms with Gasteiger partial charge in [-0.05, 0) is 6.42 Å². The van der Waals surface area contributed by atoms with Gasteiger partial charge < -0.3 is 5.11 Å². The molecule has 2 nitrogen and oxygen atoms in total. The Morgan fingerprint density at radius 2 is 2.00 bits per heavy atom. The Hall–Kier alpha value is 1.14. The molecule has 0 radical (unpaired) electrons. The van der Waals surface area contributed by atoms with E-state index in [1.807, 2.05) is 0 Å². The fourth-order valence-electron chi connectivity index (χ4n) is 0.158. The molecule has 0 fully saturated rings. The molecule has 0 aromatic heterocycles. The zero-order valence-corrected chi connectivity index (χ0v) is 7.62. The average molecular weight is 230 g/mol. The van der Waals surface area contributed by atoms with Crippen LogP contribution in [0, 0.1) is 39.8 Å². The second-order valence-electron chi connectivity index (χ2n) is 1.08. The fraction of sp³-hybridized carbons (Fsp3) is 1.00. The van der Waals surface area contributed by atoms with Gasteiger partial charge in [0.25, 0.3) is 0 Å². The van der Waals surface area contributed by atoms with Crippen LogP contribution in [0.25, 0.3) is 0 Å². The molecule has 0 saturated heterocycles. The van der Waals surface area contributed by atoms with Crippen LogP contribution in [0.2, 0.25) is 0 Å². The van der Waals surface area contributed by atoms with Crippen molar-refractivity contribution in [2.45, 2.75) is 19.8 Å². The van der Waals surface area contributed by atoms with Crippen LogP contribution in [0.15, 0.2) is 0 Å². The van der Waals surface area contributed by atoms with Crippen molar-refractivity contribution in [3.05, 3.63) is 0 Å². The second-order valence-corrected chi connectivity index (χ2v) is 1.08. The molecule has 42 valence electrons. The zero-order chi connectivity index (χ0) is 6.12. The molecule has 0 rings (SSSR count). The molecule has 0 aliphatic carbocycles. The van der Waals surface area contributed by atoms with Gasteiger partial charge in [-0.25, -0.2) is 0 Å². The predicted molar refractivity (Wildman–Crippen MR) is 22.7 cm³/mol. The summed E-state index contributed by atoms with van der Waals surface area (Å²) >= 11 is 0.0556. The first-order valence-corrected chi connectivity index (χ1v) is 3.51. The van der Waals surface area contributed by atoms with E-state index in [2.05, 4.69) is 6.92 Å². The predicted octanol–water partition coefficient (Wildman–Crippen LogP) is 0.660. The van der Waals surface area contributed by atoms with E-state index in [0.717, 1.165) is 12.8 Å². The van der Waals surface area contributed by atoms with Gasteiger partial charge in [0, 0.05) is 6.61 Å². The minimum absolute atomic E-state index is 0.0556. The van der Waals surface area contributed by atoms with Gasteiger partial charge in [0.2, 0.25) is 0 Å². The molecule has 1 N–H and O–H groups in total. The van der Waals surface area contributed by atoms with Gasteiger partial charge in [0.15, 0.2) is 0 Å². The van der Waals surface area contributed by atoms with E-state index in [9.17, 15) is 0 Å². The minimum atomic E-state index is 0.0556. The van der Waals surface area contributed by atoms with Crippen LogP contribution in [0.3, 0.4) is 0 Å². The van der Waals surface area contributed by atoms with E-state index >= 15 is 0 Å². The van der Waals surface area contributed by atoms with E-state index in [0.29, 0.717) is 6.61 Å². The van der Waals surface area contributed by atoms with Crippen LogP contribution < -0.4 is 0 Å². The first-order valence-electron chi connectivity index (χ1n) is 2.23. The van der Waals surface area contributed by atoms with Gasteiger partial charge >= 0.3 is 40.7 Å². The first-order chi connectivity index (χ1) is 3.41. The molecule has 0 bridgehead atoms. The third-order valence-corrected chi connectivity index (χ3v) is 0.512. The van der Waals surface area contributed by atoms with Crippen molar-refractivity contribution in [3.63, 3.8) is 0 Å². The first kappa shape index (κ1) is 11.0. The third-order valence-electron chi connectivity index (χ3n) is 0.512. The Labute approximate surface area is 71.5 Å². The standard InChI is InChI=1S/C4H10O.Ce.O/c1-2-3-4-5;;/h5H,2-4H2,1H3;;. The topological polar surface area (TPSA) is 37.3 Å². The summed E-state index contributed by atoms with van der Waals surface area (Å²) in [7, 11) is 0. The Morgan fingerprint density at radius 3 is 2.00 bits per heavy atom. The SMILES string of the molecule is CCCCO.[O]=[Ce]. The average Bonchev–Trinajstić information content (AvgIpc) is 1.75. The summed E-state index contributed by atoms with van der Waals surface area (Å²) in [6, 6.07) is 0. The van der Waals surface area contributed by atoms with Gasteiger partial charge in [0.05, 0.1) is 0 Å². The summed E-state index contributed by atoms with van der Waals surface area (Å²) < 4.78 is 8.39. The van der Waals surface area contributed by atoms with Crippen molar-refractivity contribution in [2.24, 2.45) is 0 Å². The molecule has 0 aliphatic heterocycles. The van der Waals surface area contributed by atoms with E-state index < -0.39 is 0 Å². The van der Waals surface area contributed by atoms with E-state index in [1.165, 1.54) is 0 Å². The Kier molecular flexibility index (Phi) is 24.7. The summed E-state index contributed by atoms with van der Waals surface area (Å²) in [5.41, 5.74) is 0. The quantitative estimate of drug-likeness (QED) is 0.756. The van der Waals surface area contributed by atoms with Crippen LogP contribution in [0.1, 0.15) is 19.8 Å². The number of hydrogen-bond acceptors (Lipinski definition) is 2. The van der Waals surface area contributed by atoms with E-state index in [4.69, 9.17) is 6.04 Å². The zero-order valence-electron chi connectivity index (χ0n) is 4.48. The number of hydrogen-bond donors (Lipinski definition) is 1. The molecule has 0 aromatic carbocycles. The van der Waals surface area contributed by atoms with Gasteiger partial charge in [-0.3, -0.25) is 0 Å². The summed E-state index contributed by atoms with van der Waals surface area (Å²) in [5.74, 6) is 0. The molecule has 0 atom stereocenters. The second kappa shape index (κ2) is 15.7. The van der Waals surface area contributed by atoms with Crippen LogP contribution in [-0.2, 0) is 0.938 Å². The van der Waals surface area contributed by atoms with Crippen LogP contribution in [-0.4, -0.2) is 11.7 Å². The van der Waals surface area contributed by atoms with E-state index in [-0.39, 0.29) is 39.8 Å². The Morgan fingerprint density at radius 1 is 1.57 bits per heavy atom. The number of rotatable bonds is 2. The molecule has 7 heavy (non-hydrogen) atoms. The molecule has 0 saturated carbocycles. The summed E-state index contributed by atoms with van der Waals surface area (Å²) in [4.78, 5) is 0. The Balaban J connectivity index is 0. The van der Waals surface area contributed by atoms with Crippen LogP contribution in [0.4, 0.5) is 0 Å². The van der Waals surface area contributed by atoms with Crippen molar-refractivity contribution < 1.29 is 45.8 Å². The molecular formula is C4H10CeO2. The van der Waals surface area contributed by atoms with Crippen molar-refractivity contribution in [2.75, 3.05) is 6.61 Å². The van der Waals surface area contributed by atoms with Gasteiger partial charge in [-0.2, -0.15) is 0 Å². The molecule has 0 aliphatic rings. The summed E-state index contributed by atoms with van der Waals surface area (Å²) in [6.45, 7) is 2.40. The van der Waals surface area contributed by atoms with E-state index in [1.54, 1.807) is 0 Å². The number of aliphatic hydroxyl groups is 1. The summed E-state index contributed by atoms with van der Waals surface area (Å²) in [5, 5.41) is 8.07. The molecule has 0 aromatic rings. The molecule has 0 unspecified atom stereocenters. The van der Waals surface area contributed by atoms with Crippen molar-refractivity contribution in [1.82, 2.24) is 0 Å². The molecule has 3 heteroatoms. The number of aliphatic hydroxyl groups excluding tert-OH is 1. The van der Waals surface area contributed by atoms with Gasteiger partial charge in [0.1, 0.15) is 0 Å². The molecule has 0 amide bonds. The monoisotopic (exact) mass is 230 g/mol. The maximum absolute atomic E-state index is 8.39. The van der Waals surface area contributed by atoms with Gasteiger partial charge in [-0.15, -0.1) is 0 Å². The normalized spacial score (nSPS) is 6.43. The number of unbranched alkanes of at least 4 members (excludes halogenated alkanes) is 1. The maximum atomic E-state index is 8.39. The van der Waals surface area contributed by atoms with Crippen molar-refractivity contribution in [3.8, 4) is 0 Å².